The summed E-state index contributed by atoms with van der Waals surface area (Å²) in [6, 6.07) is 6.29. The van der Waals surface area contributed by atoms with E-state index in [-0.39, 0.29) is 0 Å². The Hall–Kier alpha value is -1.46. The van der Waals surface area contributed by atoms with Gasteiger partial charge in [0, 0.05) is 15.0 Å². The molecule has 1 N–H and O–H groups in total. The van der Waals surface area contributed by atoms with Crippen molar-refractivity contribution in [2.45, 2.75) is 32.6 Å². The third-order valence-corrected chi connectivity index (χ3v) is 6.24. The molecule has 2 heterocycles. The van der Waals surface area contributed by atoms with Gasteiger partial charge in [0.15, 0.2) is 0 Å². The lowest BCUT2D eigenvalue weighted by Gasteiger charge is -2.13. The van der Waals surface area contributed by atoms with E-state index in [1.54, 1.807) is 6.33 Å². The fourth-order valence-electron chi connectivity index (χ4n) is 2.99. The first-order chi connectivity index (χ1) is 10.7. The van der Waals surface area contributed by atoms with E-state index in [9.17, 15) is 0 Å². The van der Waals surface area contributed by atoms with E-state index in [0.29, 0.717) is 0 Å². The maximum absolute atomic E-state index is 4.50. The fourth-order valence-corrected chi connectivity index (χ4v) is 4.60. The smallest absolute Gasteiger partial charge is 0.142 e. The van der Waals surface area contributed by atoms with Crippen LogP contribution in [-0.2, 0) is 12.8 Å². The normalized spacial score (nSPS) is 14.1. The average molecular weight is 374 g/mol. The molecule has 0 spiro atoms. The summed E-state index contributed by atoms with van der Waals surface area (Å²) >= 11 is 5.42. The molecule has 1 aliphatic carbocycles. The molecule has 22 heavy (non-hydrogen) atoms. The molecular formula is C17H16BrN3S. The number of nitrogens with zero attached hydrogens (tertiary/aromatic N) is 2. The van der Waals surface area contributed by atoms with Crippen molar-refractivity contribution in [1.82, 2.24) is 9.97 Å². The minimum Gasteiger partial charge on any atom is -0.340 e. The number of aromatic nitrogens is 2. The molecule has 1 aliphatic rings. The number of fused-ring (bicyclic) bond motifs is 3. The van der Waals surface area contributed by atoms with Crippen molar-refractivity contribution in [1.29, 1.82) is 0 Å². The number of thiophene rings is 1. The average Bonchev–Trinajstić information content (AvgIpc) is 2.90. The predicted octanol–water partition coefficient (Wildman–Crippen LogP) is 5.38. The van der Waals surface area contributed by atoms with Gasteiger partial charge in [0.1, 0.15) is 17.0 Å². The predicted molar refractivity (Wildman–Crippen MR) is 96.2 cm³/mol. The lowest BCUT2D eigenvalue weighted by Crippen LogP contribution is -2.01. The maximum atomic E-state index is 4.50. The van der Waals surface area contributed by atoms with Gasteiger partial charge >= 0.3 is 0 Å². The lowest BCUT2D eigenvalue weighted by atomic mass is 9.97. The van der Waals surface area contributed by atoms with Crippen LogP contribution in [0, 0.1) is 6.92 Å². The van der Waals surface area contributed by atoms with E-state index in [4.69, 9.17) is 0 Å². The standard InChI is InChI=1S/C17H16BrN3S/c1-10-6-7-11(8-13(10)18)21-16-15-12-4-2-3-5-14(12)22-17(15)20-9-19-16/h6-9H,2-5H2,1H3,(H,19,20,21). The Morgan fingerprint density at radius 1 is 1.18 bits per heavy atom. The zero-order chi connectivity index (χ0) is 15.1. The number of nitrogens with one attached hydrogen (secondary N) is 1. The quantitative estimate of drug-likeness (QED) is 0.654. The number of hydrogen-bond acceptors (Lipinski definition) is 4. The van der Waals surface area contributed by atoms with Crippen molar-refractivity contribution in [2.75, 3.05) is 5.32 Å². The zero-order valence-corrected chi connectivity index (χ0v) is 14.7. The second-order valence-corrected chi connectivity index (χ2v) is 7.64. The number of benzene rings is 1. The molecule has 0 amide bonds. The van der Waals surface area contributed by atoms with Crippen LogP contribution in [0.1, 0.15) is 28.8 Å². The summed E-state index contributed by atoms with van der Waals surface area (Å²) in [6.07, 6.45) is 6.56. The Kier molecular flexibility index (Phi) is 3.62. The summed E-state index contributed by atoms with van der Waals surface area (Å²) in [4.78, 5) is 11.6. The zero-order valence-electron chi connectivity index (χ0n) is 12.3. The lowest BCUT2D eigenvalue weighted by molar-refractivity contribution is 0.700. The number of halogens is 1. The molecule has 0 bridgehead atoms. The molecule has 0 saturated heterocycles. The topological polar surface area (TPSA) is 37.8 Å². The first-order valence-electron chi connectivity index (χ1n) is 7.51. The van der Waals surface area contributed by atoms with E-state index in [2.05, 4.69) is 56.3 Å². The maximum Gasteiger partial charge on any atom is 0.142 e. The summed E-state index contributed by atoms with van der Waals surface area (Å²) in [5.41, 5.74) is 3.74. The van der Waals surface area contributed by atoms with Gasteiger partial charge in [0.05, 0.1) is 5.39 Å². The van der Waals surface area contributed by atoms with Crippen molar-refractivity contribution in [3.05, 3.63) is 45.0 Å². The Morgan fingerprint density at radius 2 is 2.05 bits per heavy atom. The van der Waals surface area contributed by atoms with Crippen LogP contribution in [-0.4, -0.2) is 9.97 Å². The summed E-state index contributed by atoms with van der Waals surface area (Å²) in [7, 11) is 0. The largest absolute Gasteiger partial charge is 0.340 e. The van der Waals surface area contributed by atoms with Gasteiger partial charge in [-0.15, -0.1) is 11.3 Å². The second-order valence-electron chi connectivity index (χ2n) is 5.70. The monoisotopic (exact) mass is 373 g/mol. The van der Waals surface area contributed by atoms with Gasteiger partial charge in [-0.2, -0.15) is 0 Å². The van der Waals surface area contributed by atoms with Gasteiger partial charge in [0.2, 0.25) is 0 Å². The van der Waals surface area contributed by atoms with Gasteiger partial charge in [0.25, 0.3) is 0 Å². The van der Waals surface area contributed by atoms with Gasteiger partial charge in [-0.25, -0.2) is 9.97 Å². The molecule has 3 aromatic rings. The van der Waals surface area contributed by atoms with Crippen LogP contribution >= 0.6 is 27.3 Å². The van der Waals surface area contributed by atoms with E-state index in [0.717, 1.165) is 27.2 Å². The highest BCUT2D eigenvalue weighted by Crippen LogP contribution is 2.39. The highest BCUT2D eigenvalue weighted by molar-refractivity contribution is 9.10. The van der Waals surface area contributed by atoms with Gasteiger partial charge in [-0.3, -0.25) is 0 Å². The molecule has 3 nitrogen and oxygen atoms in total. The van der Waals surface area contributed by atoms with E-state index in [1.165, 1.54) is 40.7 Å². The minimum absolute atomic E-state index is 0.931. The van der Waals surface area contributed by atoms with Crippen molar-refractivity contribution < 1.29 is 0 Å². The van der Waals surface area contributed by atoms with Crippen molar-refractivity contribution in [3.8, 4) is 0 Å². The molecule has 0 radical (unpaired) electrons. The molecule has 0 saturated carbocycles. The number of hydrogen-bond donors (Lipinski definition) is 1. The fraction of sp³-hybridized carbons (Fsp3) is 0.294. The Labute approximate surface area is 141 Å². The number of anilines is 2. The molecule has 4 rings (SSSR count). The number of aryl methyl sites for hydroxylation is 3. The van der Waals surface area contributed by atoms with Gasteiger partial charge < -0.3 is 5.32 Å². The van der Waals surface area contributed by atoms with Gasteiger partial charge in [-0.05, 0) is 55.9 Å². The first-order valence-corrected chi connectivity index (χ1v) is 9.12. The van der Waals surface area contributed by atoms with Crippen molar-refractivity contribution >= 4 is 49.0 Å². The molecular weight excluding hydrogens is 358 g/mol. The molecule has 0 fully saturated rings. The van der Waals surface area contributed by atoms with Crippen molar-refractivity contribution in [3.63, 3.8) is 0 Å². The third kappa shape index (κ3) is 2.42. The Balaban J connectivity index is 1.81. The minimum atomic E-state index is 0.931. The highest BCUT2D eigenvalue weighted by Gasteiger charge is 2.19. The summed E-state index contributed by atoms with van der Waals surface area (Å²) < 4.78 is 1.11. The van der Waals surface area contributed by atoms with Crippen LogP contribution in [0.25, 0.3) is 10.2 Å². The molecule has 5 heteroatoms. The first kappa shape index (κ1) is 14.2. The van der Waals surface area contributed by atoms with E-state index in [1.807, 2.05) is 11.3 Å². The molecule has 0 aliphatic heterocycles. The molecule has 2 aromatic heterocycles. The summed E-state index contributed by atoms with van der Waals surface area (Å²) in [5.74, 6) is 0.931. The molecule has 112 valence electrons. The Bertz CT molecular complexity index is 856. The van der Waals surface area contributed by atoms with Crippen LogP contribution < -0.4 is 5.32 Å². The highest BCUT2D eigenvalue weighted by atomic mass is 79.9. The SMILES string of the molecule is Cc1ccc(Nc2ncnc3sc4c(c23)CCCC4)cc1Br. The van der Waals surface area contributed by atoms with Crippen molar-refractivity contribution in [2.24, 2.45) is 0 Å². The third-order valence-electron chi connectivity index (χ3n) is 4.19. The van der Waals surface area contributed by atoms with Crippen LogP contribution in [0.4, 0.5) is 11.5 Å². The second kappa shape index (κ2) is 5.63. The summed E-state index contributed by atoms with van der Waals surface area (Å²) in [5, 5.41) is 4.70. The molecule has 0 unspecified atom stereocenters. The van der Waals surface area contributed by atoms with Crippen LogP contribution in [0.3, 0.4) is 0 Å². The molecule has 0 atom stereocenters. The number of rotatable bonds is 2. The Morgan fingerprint density at radius 3 is 2.91 bits per heavy atom. The van der Waals surface area contributed by atoms with Crippen LogP contribution in [0.5, 0.6) is 0 Å². The van der Waals surface area contributed by atoms with Crippen LogP contribution in [0.15, 0.2) is 29.0 Å². The van der Waals surface area contributed by atoms with E-state index >= 15 is 0 Å². The molecule has 1 aromatic carbocycles. The summed E-state index contributed by atoms with van der Waals surface area (Å²) in [6.45, 7) is 2.09. The van der Waals surface area contributed by atoms with Gasteiger partial charge in [-0.1, -0.05) is 22.0 Å². The van der Waals surface area contributed by atoms with E-state index < -0.39 is 0 Å². The van der Waals surface area contributed by atoms with Crippen LogP contribution in [0.2, 0.25) is 0 Å².